The van der Waals surface area contributed by atoms with Crippen molar-refractivity contribution in [3.63, 3.8) is 0 Å². The lowest BCUT2D eigenvalue weighted by Crippen LogP contribution is -1.89. The van der Waals surface area contributed by atoms with Crippen molar-refractivity contribution < 1.29 is 8.78 Å². The minimum absolute atomic E-state index is 0.111. The van der Waals surface area contributed by atoms with Crippen LogP contribution in [0.4, 0.5) is 8.78 Å². The summed E-state index contributed by atoms with van der Waals surface area (Å²) in [7, 11) is 0. The zero-order valence-electron chi connectivity index (χ0n) is 7.89. The van der Waals surface area contributed by atoms with E-state index in [-0.39, 0.29) is 11.3 Å². The molecule has 0 unspecified atom stereocenters. The summed E-state index contributed by atoms with van der Waals surface area (Å²) in [5.74, 6) is -1.24. The van der Waals surface area contributed by atoms with Crippen LogP contribution in [0.2, 0.25) is 0 Å². The van der Waals surface area contributed by atoms with Gasteiger partial charge >= 0.3 is 0 Å². The minimum Gasteiger partial charge on any atom is -0.217 e. The molecule has 2 aromatic heterocycles. The van der Waals surface area contributed by atoms with Crippen LogP contribution in [0.15, 0.2) is 29.9 Å². The molecule has 0 aliphatic rings. The van der Waals surface area contributed by atoms with Gasteiger partial charge in [-0.2, -0.15) is 5.10 Å². The Bertz CT molecular complexity index is 610. The first-order valence-electron chi connectivity index (χ1n) is 4.49. The standard InChI is InChI=1S/C10H5F2N3S/c11-6-2-1-3-7(12)9(6)8-4-15-10(14-8)16-5-13-15/h1-5H. The largest absolute Gasteiger partial charge is 0.217 e. The number of rotatable bonds is 1. The van der Waals surface area contributed by atoms with Gasteiger partial charge in [-0.15, -0.1) is 0 Å². The molecule has 16 heavy (non-hydrogen) atoms. The smallest absolute Gasteiger partial charge is 0.212 e. The second kappa shape index (κ2) is 3.34. The lowest BCUT2D eigenvalue weighted by atomic mass is 10.1. The minimum atomic E-state index is -0.620. The molecule has 80 valence electrons. The molecule has 0 atom stereocenters. The topological polar surface area (TPSA) is 30.2 Å². The summed E-state index contributed by atoms with van der Waals surface area (Å²) >= 11 is 1.31. The predicted molar refractivity (Wildman–Crippen MR) is 56.2 cm³/mol. The normalized spacial score (nSPS) is 11.1. The average molecular weight is 237 g/mol. The molecule has 0 spiro atoms. The van der Waals surface area contributed by atoms with Gasteiger partial charge in [-0.3, -0.25) is 0 Å². The van der Waals surface area contributed by atoms with Crippen molar-refractivity contribution in [2.75, 3.05) is 0 Å². The van der Waals surface area contributed by atoms with E-state index >= 15 is 0 Å². The Morgan fingerprint density at radius 3 is 2.62 bits per heavy atom. The number of imidazole rings is 1. The van der Waals surface area contributed by atoms with Gasteiger partial charge in [-0.1, -0.05) is 17.4 Å². The molecule has 3 nitrogen and oxygen atoms in total. The molecule has 1 aromatic carbocycles. The maximum Gasteiger partial charge on any atom is 0.212 e. The Morgan fingerprint density at radius 1 is 1.19 bits per heavy atom. The van der Waals surface area contributed by atoms with Gasteiger partial charge in [0.2, 0.25) is 4.96 Å². The first-order valence-corrected chi connectivity index (χ1v) is 5.37. The van der Waals surface area contributed by atoms with Crippen LogP contribution < -0.4 is 0 Å². The second-order valence-corrected chi connectivity index (χ2v) is 4.00. The maximum atomic E-state index is 13.5. The van der Waals surface area contributed by atoms with Crippen LogP contribution >= 0.6 is 11.3 Å². The van der Waals surface area contributed by atoms with E-state index in [2.05, 4.69) is 10.1 Å². The van der Waals surface area contributed by atoms with Crippen LogP contribution in [0.3, 0.4) is 0 Å². The molecule has 0 saturated heterocycles. The van der Waals surface area contributed by atoms with Gasteiger partial charge in [-0.25, -0.2) is 18.3 Å². The first-order chi connectivity index (χ1) is 7.75. The Kier molecular flexibility index (Phi) is 1.97. The Labute approximate surface area is 93.0 Å². The average Bonchev–Trinajstić information content (AvgIpc) is 2.77. The second-order valence-electron chi connectivity index (χ2n) is 3.19. The monoisotopic (exact) mass is 237 g/mol. The van der Waals surface area contributed by atoms with Crippen LogP contribution in [-0.4, -0.2) is 14.6 Å². The van der Waals surface area contributed by atoms with Gasteiger partial charge < -0.3 is 0 Å². The lowest BCUT2D eigenvalue weighted by molar-refractivity contribution is 0.589. The van der Waals surface area contributed by atoms with E-state index in [1.165, 1.54) is 40.2 Å². The highest BCUT2D eigenvalue weighted by molar-refractivity contribution is 7.14. The van der Waals surface area contributed by atoms with Crippen molar-refractivity contribution in [3.8, 4) is 11.3 Å². The Hall–Kier alpha value is -1.82. The molecular formula is C10H5F2N3S. The van der Waals surface area contributed by atoms with E-state index in [9.17, 15) is 8.78 Å². The molecule has 0 amide bonds. The number of hydrogen-bond donors (Lipinski definition) is 0. The number of benzene rings is 1. The van der Waals surface area contributed by atoms with Crippen molar-refractivity contribution in [3.05, 3.63) is 41.5 Å². The van der Waals surface area contributed by atoms with Gasteiger partial charge in [0.05, 0.1) is 17.5 Å². The van der Waals surface area contributed by atoms with Crippen molar-refractivity contribution in [2.24, 2.45) is 0 Å². The molecule has 0 bridgehead atoms. The molecule has 0 aliphatic carbocycles. The zero-order chi connectivity index (χ0) is 11.1. The van der Waals surface area contributed by atoms with Crippen molar-refractivity contribution in [1.82, 2.24) is 14.6 Å². The van der Waals surface area contributed by atoms with Gasteiger partial charge in [-0.05, 0) is 12.1 Å². The Morgan fingerprint density at radius 2 is 1.94 bits per heavy atom. The van der Waals surface area contributed by atoms with E-state index in [1.807, 2.05) is 0 Å². The summed E-state index contributed by atoms with van der Waals surface area (Å²) in [6.07, 6.45) is 1.51. The summed E-state index contributed by atoms with van der Waals surface area (Å²) in [6, 6.07) is 3.74. The van der Waals surface area contributed by atoms with E-state index < -0.39 is 11.6 Å². The SMILES string of the molecule is Fc1cccc(F)c1-c1cn2ncsc2n1. The summed E-state index contributed by atoms with van der Waals surface area (Å²) in [6.45, 7) is 0. The molecule has 0 aliphatic heterocycles. The molecule has 0 fully saturated rings. The summed E-state index contributed by atoms with van der Waals surface area (Å²) in [5, 5.41) is 3.95. The van der Waals surface area contributed by atoms with Crippen molar-refractivity contribution in [2.45, 2.75) is 0 Å². The molecule has 3 rings (SSSR count). The third kappa shape index (κ3) is 1.30. The number of fused-ring (bicyclic) bond motifs is 1. The van der Waals surface area contributed by atoms with E-state index in [0.29, 0.717) is 4.96 Å². The Balaban J connectivity index is 2.26. The van der Waals surface area contributed by atoms with Crippen LogP contribution in [0.1, 0.15) is 0 Å². The van der Waals surface area contributed by atoms with E-state index in [4.69, 9.17) is 0 Å². The predicted octanol–water partition coefficient (Wildman–Crippen LogP) is 2.74. The number of halogens is 2. The van der Waals surface area contributed by atoms with Gasteiger partial charge in [0.15, 0.2) is 0 Å². The maximum absolute atomic E-state index is 13.5. The molecule has 6 heteroatoms. The van der Waals surface area contributed by atoms with Crippen LogP contribution in [0.5, 0.6) is 0 Å². The molecular weight excluding hydrogens is 232 g/mol. The third-order valence-electron chi connectivity index (χ3n) is 2.21. The summed E-state index contributed by atoms with van der Waals surface area (Å²) in [5.41, 5.74) is 1.76. The summed E-state index contributed by atoms with van der Waals surface area (Å²) in [4.78, 5) is 4.71. The first kappa shape index (κ1) is 9.41. The lowest BCUT2D eigenvalue weighted by Gasteiger charge is -1.99. The fourth-order valence-corrected chi connectivity index (χ4v) is 2.10. The van der Waals surface area contributed by atoms with E-state index in [1.54, 1.807) is 5.51 Å². The van der Waals surface area contributed by atoms with Gasteiger partial charge in [0.1, 0.15) is 17.1 Å². The molecule has 2 heterocycles. The molecule has 0 radical (unpaired) electrons. The van der Waals surface area contributed by atoms with Crippen LogP contribution in [0.25, 0.3) is 16.2 Å². The van der Waals surface area contributed by atoms with Crippen molar-refractivity contribution in [1.29, 1.82) is 0 Å². The highest BCUT2D eigenvalue weighted by Gasteiger charge is 2.14. The van der Waals surface area contributed by atoms with Gasteiger partial charge in [0, 0.05) is 0 Å². The molecule has 0 N–H and O–H groups in total. The summed E-state index contributed by atoms with van der Waals surface area (Å²) < 4.78 is 28.4. The fourth-order valence-electron chi connectivity index (χ4n) is 1.50. The number of aromatic nitrogens is 3. The molecule has 3 aromatic rings. The highest BCUT2D eigenvalue weighted by atomic mass is 32.1. The van der Waals surface area contributed by atoms with Crippen LogP contribution in [-0.2, 0) is 0 Å². The number of nitrogens with zero attached hydrogens (tertiary/aromatic N) is 3. The zero-order valence-corrected chi connectivity index (χ0v) is 8.71. The van der Waals surface area contributed by atoms with E-state index in [0.717, 1.165) is 0 Å². The number of hydrogen-bond acceptors (Lipinski definition) is 3. The van der Waals surface area contributed by atoms with Gasteiger partial charge in [0.25, 0.3) is 0 Å². The fraction of sp³-hybridized carbons (Fsp3) is 0. The van der Waals surface area contributed by atoms with Crippen LogP contribution in [0, 0.1) is 11.6 Å². The highest BCUT2D eigenvalue weighted by Crippen LogP contribution is 2.25. The van der Waals surface area contributed by atoms with Crippen molar-refractivity contribution >= 4 is 16.3 Å². The quantitative estimate of drug-likeness (QED) is 0.651. The molecule has 0 saturated carbocycles. The third-order valence-corrected chi connectivity index (χ3v) is 2.89.